The minimum Gasteiger partial charge on any atom is -0.215 e. The summed E-state index contributed by atoms with van der Waals surface area (Å²) in [6.45, 7) is 0.606. The Morgan fingerprint density at radius 2 is 1.76 bits per heavy atom. The molecule has 1 saturated carbocycles. The molecule has 17 heavy (non-hydrogen) atoms. The Balaban J connectivity index is 1.86. The molecule has 0 bridgehead atoms. The van der Waals surface area contributed by atoms with Crippen LogP contribution in [0.5, 0.6) is 0 Å². The fourth-order valence-electron chi connectivity index (χ4n) is 2.30. The predicted molar refractivity (Wildman–Crippen MR) is 69.0 cm³/mol. The number of hydrogen-bond acceptors (Lipinski definition) is 2. The molecule has 2 rings (SSSR count). The van der Waals surface area contributed by atoms with Gasteiger partial charge in [0, 0.05) is 6.54 Å². The summed E-state index contributed by atoms with van der Waals surface area (Å²) in [5.41, 5.74) is 0.839. The minimum atomic E-state index is -3.17. The van der Waals surface area contributed by atoms with Crippen molar-refractivity contribution in [2.75, 3.05) is 6.54 Å². The van der Waals surface area contributed by atoms with Gasteiger partial charge in [0.2, 0.25) is 10.0 Å². The zero-order valence-corrected chi connectivity index (χ0v) is 10.7. The zero-order valence-electron chi connectivity index (χ0n) is 9.93. The summed E-state index contributed by atoms with van der Waals surface area (Å²) < 4.78 is 26.4. The molecular formula is C13H19NO2S. The molecule has 1 aromatic rings. The summed E-state index contributed by atoms with van der Waals surface area (Å²) in [6, 6.07) is 9.30. The van der Waals surface area contributed by atoms with Gasteiger partial charge in [0.15, 0.2) is 0 Å². The molecule has 1 N–H and O–H groups in total. The van der Waals surface area contributed by atoms with Gasteiger partial charge in [0.25, 0.3) is 0 Å². The first-order valence-electron chi connectivity index (χ1n) is 6.17. The molecule has 0 aromatic heterocycles. The van der Waals surface area contributed by atoms with Crippen molar-refractivity contribution in [2.45, 2.75) is 31.4 Å². The normalized spacial score (nSPS) is 17.4. The molecule has 94 valence electrons. The highest BCUT2D eigenvalue weighted by Crippen LogP contribution is 2.23. The molecule has 0 aliphatic heterocycles. The monoisotopic (exact) mass is 253 g/mol. The topological polar surface area (TPSA) is 46.2 Å². The molecule has 4 heteroatoms. The lowest BCUT2D eigenvalue weighted by Crippen LogP contribution is -2.29. The van der Waals surface area contributed by atoms with E-state index in [1.54, 1.807) is 0 Å². The van der Waals surface area contributed by atoms with Gasteiger partial charge in [-0.05, 0) is 24.3 Å². The van der Waals surface area contributed by atoms with Crippen LogP contribution in [-0.2, 0) is 15.8 Å². The Morgan fingerprint density at radius 1 is 1.12 bits per heavy atom. The van der Waals surface area contributed by atoms with Gasteiger partial charge < -0.3 is 0 Å². The van der Waals surface area contributed by atoms with Gasteiger partial charge in [-0.25, -0.2) is 13.1 Å². The van der Waals surface area contributed by atoms with Gasteiger partial charge in [0.05, 0.1) is 5.75 Å². The second-order valence-corrected chi connectivity index (χ2v) is 6.55. The van der Waals surface area contributed by atoms with Crippen molar-refractivity contribution in [1.29, 1.82) is 0 Å². The molecule has 0 saturated heterocycles. The van der Waals surface area contributed by atoms with Gasteiger partial charge in [-0.1, -0.05) is 43.2 Å². The molecule has 1 aliphatic rings. The highest BCUT2D eigenvalue weighted by molar-refractivity contribution is 7.88. The van der Waals surface area contributed by atoms with Crippen molar-refractivity contribution in [2.24, 2.45) is 5.92 Å². The van der Waals surface area contributed by atoms with Crippen molar-refractivity contribution >= 4 is 10.0 Å². The highest BCUT2D eigenvalue weighted by Gasteiger charge is 2.18. The van der Waals surface area contributed by atoms with E-state index >= 15 is 0 Å². The first-order valence-corrected chi connectivity index (χ1v) is 7.82. The Morgan fingerprint density at radius 3 is 2.41 bits per heavy atom. The van der Waals surface area contributed by atoms with Crippen LogP contribution in [0, 0.1) is 5.92 Å². The van der Waals surface area contributed by atoms with E-state index in [1.807, 2.05) is 30.3 Å². The number of hydrogen-bond donors (Lipinski definition) is 1. The molecule has 3 nitrogen and oxygen atoms in total. The summed E-state index contributed by atoms with van der Waals surface area (Å²) in [5.74, 6) is 0.626. The maximum absolute atomic E-state index is 11.8. The Hall–Kier alpha value is -0.870. The van der Waals surface area contributed by atoms with E-state index in [0.717, 1.165) is 18.4 Å². The van der Waals surface area contributed by atoms with E-state index in [2.05, 4.69) is 4.72 Å². The Kier molecular flexibility index (Phi) is 4.18. The first kappa shape index (κ1) is 12.6. The average Bonchev–Trinajstić information content (AvgIpc) is 2.80. The Labute approximate surface area is 103 Å². The number of rotatable bonds is 5. The lowest BCUT2D eigenvalue weighted by Gasteiger charge is -2.11. The third-order valence-electron chi connectivity index (χ3n) is 3.27. The predicted octanol–water partition coefficient (Wildman–Crippen LogP) is 2.30. The summed E-state index contributed by atoms with van der Waals surface area (Å²) in [4.78, 5) is 0. The lowest BCUT2D eigenvalue weighted by molar-refractivity contribution is 0.519. The molecule has 0 unspecified atom stereocenters. The molecule has 1 aromatic carbocycles. The summed E-state index contributed by atoms with van der Waals surface area (Å²) >= 11 is 0. The summed E-state index contributed by atoms with van der Waals surface area (Å²) in [7, 11) is -3.17. The minimum absolute atomic E-state index is 0.0839. The van der Waals surface area contributed by atoms with E-state index in [0.29, 0.717) is 12.5 Å². The third kappa shape index (κ3) is 4.13. The molecule has 1 aliphatic carbocycles. The highest BCUT2D eigenvalue weighted by atomic mass is 32.2. The molecule has 0 atom stereocenters. The van der Waals surface area contributed by atoms with E-state index in [-0.39, 0.29) is 5.75 Å². The maximum Gasteiger partial charge on any atom is 0.215 e. The molecule has 0 spiro atoms. The van der Waals surface area contributed by atoms with E-state index < -0.39 is 10.0 Å². The van der Waals surface area contributed by atoms with Crippen LogP contribution in [-0.4, -0.2) is 15.0 Å². The number of nitrogens with one attached hydrogen (secondary N) is 1. The van der Waals surface area contributed by atoms with Crippen LogP contribution in [0.15, 0.2) is 30.3 Å². The lowest BCUT2D eigenvalue weighted by atomic mass is 10.1. The van der Waals surface area contributed by atoms with Crippen molar-refractivity contribution in [3.05, 3.63) is 35.9 Å². The van der Waals surface area contributed by atoms with E-state index in [1.165, 1.54) is 12.8 Å². The van der Waals surface area contributed by atoms with Crippen molar-refractivity contribution < 1.29 is 8.42 Å². The van der Waals surface area contributed by atoms with Crippen molar-refractivity contribution in [3.63, 3.8) is 0 Å². The Bertz CT molecular complexity index is 436. The van der Waals surface area contributed by atoms with Gasteiger partial charge in [-0.2, -0.15) is 0 Å². The smallest absolute Gasteiger partial charge is 0.215 e. The van der Waals surface area contributed by atoms with Gasteiger partial charge >= 0.3 is 0 Å². The van der Waals surface area contributed by atoms with Gasteiger partial charge in [-0.15, -0.1) is 0 Å². The second-order valence-electron chi connectivity index (χ2n) is 4.74. The van der Waals surface area contributed by atoms with Crippen molar-refractivity contribution in [1.82, 2.24) is 4.72 Å². The van der Waals surface area contributed by atoms with Crippen LogP contribution < -0.4 is 4.72 Å². The van der Waals surface area contributed by atoms with Crippen LogP contribution in [0.1, 0.15) is 31.2 Å². The molecule has 0 amide bonds. The van der Waals surface area contributed by atoms with Gasteiger partial charge in [0.1, 0.15) is 0 Å². The van der Waals surface area contributed by atoms with Gasteiger partial charge in [-0.3, -0.25) is 0 Å². The molecular weight excluding hydrogens is 234 g/mol. The fourth-order valence-corrected chi connectivity index (χ4v) is 3.53. The van der Waals surface area contributed by atoms with Crippen LogP contribution in [0.4, 0.5) is 0 Å². The van der Waals surface area contributed by atoms with Crippen molar-refractivity contribution in [3.8, 4) is 0 Å². The van der Waals surface area contributed by atoms with Crippen LogP contribution >= 0.6 is 0 Å². The first-order chi connectivity index (χ1) is 8.16. The van der Waals surface area contributed by atoms with E-state index in [9.17, 15) is 8.42 Å². The van der Waals surface area contributed by atoms with E-state index in [4.69, 9.17) is 0 Å². The zero-order chi connectivity index (χ0) is 12.1. The number of sulfonamides is 1. The largest absolute Gasteiger partial charge is 0.215 e. The summed E-state index contributed by atoms with van der Waals surface area (Å²) in [6.07, 6.45) is 4.80. The van der Waals surface area contributed by atoms with Crippen LogP contribution in [0.25, 0.3) is 0 Å². The van der Waals surface area contributed by atoms with Crippen LogP contribution in [0.3, 0.4) is 0 Å². The summed E-state index contributed by atoms with van der Waals surface area (Å²) in [5, 5.41) is 0. The third-order valence-corrected chi connectivity index (χ3v) is 4.59. The molecule has 0 heterocycles. The number of benzene rings is 1. The molecule has 0 radical (unpaired) electrons. The molecule has 1 fully saturated rings. The second kappa shape index (κ2) is 5.65. The quantitative estimate of drug-likeness (QED) is 0.875. The van der Waals surface area contributed by atoms with Crippen LogP contribution in [0.2, 0.25) is 0 Å². The SMILES string of the molecule is O=S(=O)(Cc1ccccc1)NCC1CCCC1. The maximum atomic E-state index is 11.8. The average molecular weight is 253 g/mol. The fraction of sp³-hybridized carbons (Fsp3) is 0.538. The standard InChI is InChI=1S/C13H19NO2S/c15-17(16,11-13-8-2-1-3-9-13)14-10-12-6-4-5-7-12/h1-3,8-9,12,14H,4-7,10-11H2.